The number of nitro benzene ring substituents is 1. The summed E-state index contributed by atoms with van der Waals surface area (Å²) in [7, 11) is 0. The third-order valence-corrected chi connectivity index (χ3v) is 2.46. The molecule has 9 heteroatoms. The Morgan fingerprint density at radius 2 is 2.16 bits per heavy atom. The van der Waals surface area contributed by atoms with Crippen molar-refractivity contribution in [1.29, 1.82) is 0 Å². The fraction of sp³-hybridized carbons (Fsp3) is 0.300. The summed E-state index contributed by atoms with van der Waals surface area (Å²) in [4.78, 5) is 20.6. The van der Waals surface area contributed by atoms with E-state index in [1.807, 2.05) is 0 Å². The molecule has 19 heavy (non-hydrogen) atoms. The standard InChI is InChI=1S/C10H8ClF2NO5/c11-4-7-5(2-9(15)16)1-6(19-10(12)13)3-8(7)14(17)18/h1,3,10H,2,4H2,(H,15,16). The zero-order valence-electron chi connectivity index (χ0n) is 9.31. The van der Waals surface area contributed by atoms with E-state index in [0.717, 1.165) is 12.1 Å². The molecule has 0 aliphatic heterocycles. The molecule has 0 saturated carbocycles. The Morgan fingerprint density at radius 1 is 1.53 bits per heavy atom. The number of benzene rings is 1. The van der Waals surface area contributed by atoms with Gasteiger partial charge in [-0.05, 0) is 11.6 Å². The minimum atomic E-state index is -3.17. The number of carbonyl (C=O) groups is 1. The van der Waals surface area contributed by atoms with Gasteiger partial charge in [0, 0.05) is 5.56 Å². The fourth-order valence-corrected chi connectivity index (χ4v) is 1.80. The van der Waals surface area contributed by atoms with Crippen LogP contribution in [0.15, 0.2) is 12.1 Å². The van der Waals surface area contributed by atoms with Crippen LogP contribution in [0.4, 0.5) is 14.5 Å². The quantitative estimate of drug-likeness (QED) is 0.495. The lowest BCUT2D eigenvalue weighted by Gasteiger charge is -2.10. The summed E-state index contributed by atoms with van der Waals surface area (Å²) in [5.41, 5.74) is -0.618. The van der Waals surface area contributed by atoms with Gasteiger partial charge in [0.05, 0.1) is 23.3 Å². The van der Waals surface area contributed by atoms with E-state index in [9.17, 15) is 23.7 Å². The Labute approximate surface area is 110 Å². The highest BCUT2D eigenvalue weighted by Crippen LogP contribution is 2.31. The second-order valence-electron chi connectivity index (χ2n) is 3.42. The van der Waals surface area contributed by atoms with Crippen LogP contribution in [-0.4, -0.2) is 22.6 Å². The molecule has 0 aliphatic rings. The highest BCUT2D eigenvalue weighted by molar-refractivity contribution is 6.17. The van der Waals surface area contributed by atoms with Crippen molar-refractivity contribution < 1.29 is 28.3 Å². The molecule has 0 atom stereocenters. The van der Waals surface area contributed by atoms with Gasteiger partial charge in [-0.1, -0.05) is 0 Å². The van der Waals surface area contributed by atoms with Crippen LogP contribution in [0.1, 0.15) is 11.1 Å². The van der Waals surface area contributed by atoms with Gasteiger partial charge in [-0.15, -0.1) is 11.6 Å². The number of halogens is 3. The predicted octanol–water partition coefficient (Wildman–Crippen LogP) is 2.56. The molecule has 1 aromatic carbocycles. The maximum atomic E-state index is 12.1. The Balaban J connectivity index is 3.35. The summed E-state index contributed by atoms with van der Waals surface area (Å²) < 4.78 is 28.2. The van der Waals surface area contributed by atoms with Crippen molar-refractivity contribution in [1.82, 2.24) is 0 Å². The van der Waals surface area contributed by atoms with Crippen LogP contribution in [-0.2, 0) is 17.1 Å². The molecule has 0 heterocycles. The molecule has 0 radical (unpaired) electrons. The number of rotatable bonds is 6. The molecule has 0 amide bonds. The largest absolute Gasteiger partial charge is 0.481 e. The molecular weight excluding hydrogens is 288 g/mol. The average Bonchev–Trinajstić information content (AvgIpc) is 2.26. The van der Waals surface area contributed by atoms with Crippen molar-refractivity contribution >= 4 is 23.3 Å². The first-order valence-corrected chi connectivity index (χ1v) is 5.41. The zero-order chi connectivity index (χ0) is 14.6. The molecule has 6 nitrogen and oxygen atoms in total. The second-order valence-corrected chi connectivity index (χ2v) is 3.69. The van der Waals surface area contributed by atoms with Crippen LogP contribution in [0.5, 0.6) is 5.75 Å². The summed E-state index contributed by atoms with van der Waals surface area (Å²) in [5.74, 6) is -2.06. The minimum Gasteiger partial charge on any atom is -0.481 e. The first-order valence-electron chi connectivity index (χ1n) is 4.88. The maximum absolute atomic E-state index is 12.1. The average molecular weight is 296 g/mol. The summed E-state index contributed by atoms with van der Waals surface area (Å²) in [5, 5.41) is 19.5. The number of alkyl halides is 3. The molecule has 0 aromatic heterocycles. The van der Waals surface area contributed by atoms with Crippen molar-refractivity contribution in [3.05, 3.63) is 33.4 Å². The van der Waals surface area contributed by atoms with Crippen LogP contribution in [0.2, 0.25) is 0 Å². The number of carboxylic acids is 1. The Kier molecular flexibility index (Phi) is 4.99. The summed E-state index contributed by atoms with van der Waals surface area (Å²) in [6, 6.07) is 1.79. The van der Waals surface area contributed by atoms with Gasteiger partial charge < -0.3 is 9.84 Å². The lowest BCUT2D eigenvalue weighted by Crippen LogP contribution is -2.08. The van der Waals surface area contributed by atoms with E-state index in [0.29, 0.717) is 0 Å². The third-order valence-electron chi connectivity index (χ3n) is 2.19. The van der Waals surface area contributed by atoms with Gasteiger partial charge in [0.2, 0.25) is 0 Å². The van der Waals surface area contributed by atoms with E-state index in [4.69, 9.17) is 16.7 Å². The van der Waals surface area contributed by atoms with Gasteiger partial charge in [0.15, 0.2) is 0 Å². The van der Waals surface area contributed by atoms with Gasteiger partial charge in [-0.25, -0.2) is 0 Å². The molecule has 1 rings (SSSR count). The smallest absolute Gasteiger partial charge is 0.387 e. The Hall–Kier alpha value is -1.96. The molecule has 0 saturated heterocycles. The lowest BCUT2D eigenvalue weighted by molar-refractivity contribution is -0.385. The molecular formula is C10H8ClF2NO5. The molecule has 0 aliphatic carbocycles. The van der Waals surface area contributed by atoms with Gasteiger partial charge >= 0.3 is 12.6 Å². The molecule has 0 fully saturated rings. The van der Waals surface area contributed by atoms with Crippen LogP contribution in [0.25, 0.3) is 0 Å². The molecule has 104 valence electrons. The molecule has 0 bridgehead atoms. The highest BCUT2D eigenvalue weighted by Gasteiger charge is 2.22. The number of hydrogen-bond acceptors (Lipinski definition) is 4. The monoisotopic (exact) mass is 295 g/mol. The first kappa shape index (κ1) is 15.1. The van der Waals surface area contributed by atoms with Gasteiger partial charge in [-0.2, -0.15) is 8.78 Å². The fourth-order valence-electron chi connectivity index (χ4n) is 1.50. The molecule has 1 aromatic rings. The first-order chi connectivity index (χ1) is 8.85. The number of aliphatic carboxylic acids is 1. The van der Waals surface area contributed by atoms with E-state index < -0.39 is 35.4 Å². The summed E-state index contributed by atoms with van der Waals surface area (Å²) in [6.45, 7) is -3.17. The molecule has 0 spiro atoms. The maximum Gasteiger partial charge on any atom is 0.387 e. The molecule has 1 N–H and O–H groups in total. The van der Waals surface area contributed by atoms with Gasteiger partial charge in [0.1, 0.15) is 5.75 Å². The number of ether oxygens (including phenoxy) is 1. The molecule has 0 unspecified atom stereocenters. The van der Waals surface area contributed by atoms with Crippen molar-refractivity contribution in [2.75, 3.05) is 0 Å². The van der Waals surface area contributed by atoms with Gasteiger partial charge in [0.25, 0.3) is 5.69 Å². The van der Waals surface area contributed by atoms with E-state index in [-0.39, 0.29) is 17.0 Å². The summed E-state index contributed by atoms with van der Waals surface area (Å²) in [6.07, 6.45) is -0.580. The zero-order valence-corrected chi connectivity index (χ0v) is 10.1. The van der Waals surface area contributed by atoms with E-state index >= 15 is 0 Å². The second kappa shape index (κ2) is 6.28. The van der Waals surface area contributed by atoms with Crippen molar-refractivity contribution in [3.63, 3.8) is 0 Å². The number of carboxylic acid groups (broad SMARTS) is 1. The van der Waals surface area contributed by atoms with Crippen LogP contribution < -0.4 is 4.74 Å². The van der Waals surface area contributed by atoms with Crippen LogP contribution in [0, 0.1) is 10.1 Å². The minimum absolute atomic E-state index is 0.0318. The lowest BCUT2D eigenvalue weighted by atomic mass is 10.0. The van der Waals surface area contributed by atoms with Crippen molar-refractivity contribution in [2.45, 2.75) is 18.9 Å². The number of nitro groups is 1. The summed E-state index contributed by atoms with van der Waals surface area (Å²) >= 11 is 5.54. The van der Waals surface area contributed by atoms with E-state index in [1.54, 1.807) is 0 Å². The number of hydrogen-bond donors (Lipinski definition) is 1. The highest BCUT2D eigenvalue weighted by atomic mass is 35.5. The third kappa shape index (κ3) is 4.02. The van der Waals surface area contributed by atoms with E-state index in [2.05, 4.69) is 4.74 Å². The van der Waals surface area contributed by atoms with Crippen molar-refractivity contribution in [2.24, 2.45) is 0 Å². The van der Waals surface area contributed by atoms with E-state index in [1.165, 1.54) is 0 Å². The predicted molar refractivity (Wildman–Crippen MR) is 60.6 cm³/mol. The van der Waals surface area contributed by atoms with Crippen molar-refractivity contribution in [3.8, 4) is 5.75 Å². The van der Waals surface area contributed by atoms with Crippen LogP contribution >= 0.6 is 11.6 Å². The van der Waals surface area contributed by atoms with Crippen LogP contribution in [0.3, 0.4) is 0 Å². The normalized spacial score (nSPS) is 10.5. The Bertz CT molecular complexity index is 509. The number of nitrogens with zero attached hydrogens (tertiary/aromatic N) is 1. The van der Waals surface area contributed by atoms with Gasteiger partial charge in [-0.3, -0.25) is 14.9 Å². The topological polar surface area (TPSA) is 89.7 Å². The Morgan fingerprint density at radius 3 is 2.58 bits per heavy atom. The SMILES string of the molecule is O=C(O)Cc1cc(OC(F)F)cc([N+](=O)[O-])c1CCl.